The Hall–Kier alpha value is -0.850. The second kappa shape index (κ2) is 6.50. The van der Waals surface area contributed by atoms with E-state index in [9.17, 15) is 0 Å². The monoisotopic (exact) mass is 472 g/mol. The SMILES string of the molecule is Clc1cc(Br)ccc1Cn1ccnc1-c1ccc(I)cc1. The summed E-state index contributed by atoms with van der Waals surface area (Å²) in [6.45, 7) is 0.702. The number of halogens is 3. The molecule has 2 aromatic carbocycles. The lowest BCUT2D eigenvalue weighted by Crippen LogP contribution is -2.01. The first-order valence-corrected chi connectivity index (χ1v) is 8.59. The summed E-state index contributed by atoms with van der Waals surface area (Å²) in [7, 11) is 0. The van der Waals surface area contributed by atoms with Crippen molar-refractivity contribution in [2.24, 2.45) is 0 Å². The second-order valence-corrected chi connectivity index (χ2v) is 7.19. The van der Waals surface area contributed by atoms with Crippen LogP contribution in [0.4, 0.5) is 0 Å². The highest BCUT2D eigenvalue weighted by molar-refractivity contribution is 14.1. The highest BCUT2D eigenvalue weighted by Gasteiger charge is 2.08. The predicted octanol–water partition coefficient (Wildman–Crippen LogP) is 5.62. The lowest BCUT2D eigenvalue weighted by molar-refractivity contribution is 0.807. The van der Waals surface area contributed by atoms with Gasteiger partial charge in [-0.25, -0.2) is 4.98 Å². The van der Waals surface area contributed by atoms with Crippen LogP contribution in [-0.4, -0.2) is 9.55 Å². The maximum absolute atomic E-state index is 6.30. The molecule has 106 valence electrons. The van der Waals surface area contributed by atoms with Crippen molar-refractivity contribution in [1.82, 2.24) is 9.55 Å². The third-order valence-electron chi connectivity index (χ3n) is 3.17. The van der Waals surface area contributed by atoms with E-state index in [1.807, 2.05) is 30.6 Å². The summed E-state index contributed by atoms with van der Waals surface area (Å²) in [5.41, 5.74) is 2.18. The number of aromatic nitrogens is 2. The van der Waals surface area contributed by atoms with Crippen LogP contribution in [0.5, 0.6) is 0 Å². The normalized spacial score (nSPS) is 10.8. The molecule has 0 spiro atoms. The molecule has 0 aliphatic heterocycles. The average molecular weight is 474 g/mol. The molecule has 21 heavy (non-hydrogen) atoms. The number of benzene rings is 2. The van der Waals surface area contributed by atoms with Gasteiger partial charge in [-0.3, -0.25) is 0 Å². The average Bonchev–Trinajstić information content (AvgIpc) is 2.91. The van der Waals surface area contributed by atoms with Crippen molar-refractivity contribution in [2.75, 3.05) is 0 Å². The Morgan fingerprint density at radius 2 is 1.90 bits per heavy atom. The molecule has 0 saturated heterocycles. The van der Waals surface area contributed by atoms with Gasteiger partial charge in [-0.2, -0.15) is 0 Å². The summed E-state index contributed by atoms with van der Waals surface area (Å²) < 4.78 is 4.31. The molecule has 0 unspecified atom stereocenters. The molecule has 0 fully saturated rings. The van der Waals surface area contributed by atoms with Crippen molar-refractivity contribution < 1.29 is 0 Å². The van der Waals surface area contributed by atoms with Gasteiger partial charge in [0.1, 0.15) is 5.82 Å². The van der Waals surface area contributed by atoms with E-state index in [4.69, 9.17) is 11.6 Å². The molecule has 0 bridgehead atoms. The third-order valence-corrected chi connectivity index (χ3v) is 4.74. The van der Waals surface area contributed by atoms with Gasteiger partial charge in [-0.1, -0.05) is 45.7 Å². The van der Waals surface area contributed by atoms with Crippen LogP contribution in [0.25, 0.3) is 11.4 Å². The summed E-state index contributed by atoms with van der Waals surface area (Å²) in [5.74, 6) is 0.949. The molecule has 0 saturated carbocycles. The zero-order chi connectivity index (χ0) is 14.8. The summed E-state index contributed by atoms with van der Waals surface area (Å²) >= 11 is 12.0. The van der Waals surface area contributed by atoms with Crippen molar-refractivity contribution in [3.63, 3.8) is 0 Å². The Morgan fingerprint density at radius 3 is 2.62 bits per heavy atom. The molecule has 0 aliphatic rings. The summed E-state index contributed by atoms with van der Waals surface area (Å²) in [4.78, 5) is 4.47. The third kappa shape index (κ3) is 3.49. The maximum Gasteiger partial charge on any atom is 0.140 e. The topological polar surface area (TPSA) is 17.8 Å². The Balaban J connectivity index is 1.94. The van der Waals surface area contributed by atoms with E-state index in [1.165, 1.54) is 3.57 Å². The first-order chi connectivity index (χ1) is 10.1. The number of rotatable bonds is 3. The van der Waals surface area contributed by atoms with Crippen LogP contribution >= 0.6 is 50.1 Å². The minimum absolute atomic E-state index is 0.702. The van der Waals surface area contributed by atoms with E-state index in [1.54, 1.807) is 0 Å². The smallest absolute Gasteiger partial charge is 0.140 e. The van der Waals surface area contributed by atoms with Gasteiger partial charge in [0, 0.05) is 31.0 Å². The van der Waals surface area contributed by atoms with E-state index in [0.29, 0.717) is 6.54 Å². The lowest BCUT2D eigenvalue weighted by atomic mass is 10.2. The molecule has 3 aromatic rings. The molecule has 0 amide bonds. The summed E-state index contributed by atoms with van der Waals surface area (Å²) in [5, 5.41) is 0.756. The minimum atomic E-state index is 0.702. The molecule has 1 heterocycles. The Labute approximate surface area is 150 Å². The second-order valence-electron chi connectivity index (χ2n) is 4.62. The fraction of sp³-hybridized carbons (Fsp3) is 0.0625. The summed E-state index contributed by atoms with van der Waals surface area (Å²) in [6, 6.07) is 14.3. The van der Waals surface area contributed by atoms with Crippen molar-refractivity contribution in [1.29, 1.82) is 0 Å². The van der Waals surface area contributed by atoms with Gasteiger partial charge < -0.3 is 4.57 Å². The van der Waals surface area contributed by atoms with Crippen molar-refractivity contribution in [3.05, 3.63) is 73.5 Å². The molecule has 2 nitrogen and oxygen atoms in total. The molecular formula is C16H11BrClIN2. The first-order valence-electron chi connectivity index (χ1n) is 6.34. The largest absolute Gasteiger partial charge is 0.327 e. The first kappa shape index (κ1) is 15.1. The van der Waals surface area contributed by atoms with Crippen molar-refractivity contribution in [3.8, 4) is 11.4 Å². The zero-order valence-corrected chi connectivity index (χ0v) is 15.4. The van der Waals surface area contributed by atoms with Gasteiger partial charge in [0.05, 0.1) is 6.54 Å². The molecule has 0 aliphatic carbocycles. The van der Waals surface area contributed by atoms with Gasteiger partial charge in [-0.05, 0) is 52.4 Å². The fourth-order valence-corrected chi connectivity index (χ4v) is 3.22. The van der Waals surface area contributed by atoms with Crippen LogP contribution in [0.3, 0.4) is 0 Å². The van der Waals surface area contributed by atoms with E-state index in [-0.39, 0.29) is 0 Å². The number of hydrogen-bond acceptors (Lipinski definition) is 1. The van der Waals surface area contributed by atoms with Gasteiger partial charge >= 0.3 is 0 Å². The molecule has 1 aromatic heterocycles. The Morgan fingerprint density at radius 1 is 1.14 bits per heavy atom. The van der Waals surface area contributed by atoms with Crippen LogP contribution in [0.1, 0.15) is 5.56 Å². The van der Waals surface area contributed by atoms with Gasteiger partial charge in [0.2, 0.25) is 0 Å². The van der Waals surface area contributed by atoms with E-state index in [2.05, 4.69) is 72.3 Å². The zero-order valence-electron chi connectivity index (χ0n) is 10.9. The Kier molecular flexibility index (Phi) is 4.66. The maximum atomic E-state index is 6.30. The van der Waals surface area contributed by atoms with Gasteiger partial charge in [-0.15, -0.1) is 0 Å². The number of hydrogen-bond donors (Lipinski definition) is 0. The van der Waals surface area contributed by atoms with E-state index >= 15 is 0 Å². The standard InChI is InChI=1S/C16H11BrClIN2/c17-13-4-1-12(15(18)9-13)10-21-8-7-20-16(21)11-2-5-14(19)6-3-11/h1-9H,10H2. The van der Waals surface area contributed by atoms with E-state index in [0.717, 1.165) is 26.4 Å². The fourth-order valence-electron chi connectivity index (χ4n) is 2.13. The van der Waals surface area contributed by atoms with Gasteiger partial charge in [0.25, 0.3) is 0 Å². The van der Waals surface area contributed by atoms with Crippen molar-refractivity contribution in [2.45, 2.75) is 6.54 Å². The lowest BCUT2D eigenvalue weighted by Gasteiger charge is -2.10. The van der Waals surface area contributed by atoms with Crippen LogP contribution in [0, 0.1) is 3.57 Å². The molecule has 0 atom stereocenters. The highest BCUT2D eigenvalue weighted by Crippen LogP contribution is 2.25. The molecular weight excluding hydrogens is 462 g/mol. The Bertz CT molecular complexity index is 768. The molecule has 3 rings (SSSR count). The molecule has 0 radical (unpaired) electrons. The van der Waals surface area contributed by atoms with E-state index < -0.39 is 0 Å². The number of imidazole rings is 1. The molecule has 0 N–H and O–H groups in total. The van der Waals surface area contributed by atoms with Crippen molar-refractivity contribution >= 4 is 50.1 Å². The highest BCUT2D eigenvalue weighted by atomic mass is 127. The summed E-state index contributed by atoms with van der Waals surface area (Å²) in [6.07, 6.45) is 3.80. The minimum Gasteiger partial charge on any atom is -0.327 e. The van der Waals surface area contributed by atoms with Crippen LogP contribution < -0.4 is 0 Å². The van der Waals surface area contributed by atoms with Crippen LogP contribution in [0.2, 0.25) is 5.02 Å². The van der Waals surface area contributed by atoms with Gasteiger partial charge in [0.15, 0.2) is 0 Å². The quantitative estimate of drug-likeness (QED) is 0.452. The van der Waals surface area contributed by atoms with Crippen LogP contribution in [0.15, 0.2) is 59.3 Å². The molecule has 5 heteroatoms. The van der Waals surface area contributed by atoms with Crippen LogP contribution in [-0.2, 0) is 6.54 Å². The number of nitrogens with zero attached hydrogens (tertiary/aromatic N) is 2. The predicted molar refractivity (Wildman–Crippen MR) is 98.6 cm³/mol.